The number of hydrogen-bond donors (Lipinski definition) is 0. The summed E-state index contributed by atoms with van der Waals surface area (Å²) in [5.74, 6) is -0.109. The van der Waals surface area contributed by atoms with E-state index in [1.807, 2.05) is 30.3 Å². The van der Waals surface area contributed by atoms with Crippen LogP contribution in [0.25, 0.3) is 0 Å². The minimum Gasteiger partial charge on any atom is -0.244 e. The second kappa shape index (κ2) is 6.52. The topological polar surface area (TPSA) is 64.8 Å². The van der Waals surface area contributed by atoms with E-state index in [0.717, 1.165) is 5.56 Å². The zero-order valence-corrected chi connectivity index (χ0v) is 13.7. The predicted octanol–water partition coefficient (Wildman–Crippen LogP) is 2.99. The van der Waals surface area contributed by atoms with Gasteiger partial charge in [-0.3, -0.25) is 0 Å². The van der Waals surface area contributed by atoms with E-state index in [-0.39, 0.29) is 10.6 Å². The summed E-state index contributed by atoms with van der Waals surface area (Å²) in [6.07, 6.45) is 2.92. The Bertz CT molecular complexity index is 863. The number of aromatic nitrogens is 3. The first-order valence-corrected chi connectivity index (χ1v) is 8.97. The summed E-state index contributed by atoms with van der Waals surface area (Å²) in [5.41, 5.74) is 0.857. The van der Waals surface area contributed by atoms with Gasteiger partial charge in [0.25, 0.3) is 0 Å². The molecule has 0 radical (unpaired) electrons. The third-order valence-electron chi connectivity index (χ3n) is 3.49. The van der Waals surface area contributed by atoms with Crippen molar-refractivity contribution in [1.29, 1.82) is 0 Å². The first kappa shape index (κ1) is 15.7. The quantitative estimate of drug-likeness (QED) is 0.711. The molecule has 23 heavy (non-hydrogen) atoms. The summed E-state index contributed by atoms with van der Waals surface area (Å²) >= 11 is 5.83. The highest BCUT2D eigenvalue weighted by Crippen LogP contribution is 2.23. The first-order valence-electron chi connectivity index (χ1n) is 6.94. The molecule has 1 aromatic heterocycles. The van der Waals surface area contributed by atoms with Gasteiger partial charge < -0.3 is 0 Å². The molecule has 1 atom stereocenters. The minimum absolute atomic E-state index is 0.109. The molecular formula is C16H14ClN3O2S. The summed E-state index contributed by atoms with van der Waals surface area (Å²) in [4.78, 5) is 4.16. The van der Waals surface area contributed by atoms with E-state index in [0.29, 0.717) is 5.02 Å². The van der Waals surface area contributed by atoms with Gasteiger partial charge in [-0.15, -0.1) is 0 Å². The minimum atomic E-state index is -3.50. The molecule has 0 N–H and O–H groups in total. The summed E-state index contributed by atoms with van der Waals surface area (Å²) in [5, 5.41) is 4.60. The second-order valence-corrected chi connectivity index (χ2v) is 7.51. The molecule has 0 aliphatic carbocycles. The summed E-state index contributed by atoms with van der Waals surface area (Å²) in [6, 6.07) is 15.1. The molecule has 1 unspecified atom stereocenters. The van der Waals surface area contributed by atoms with Gasteiger partial charge in [0.05, 0.1) is 16.7 Å². The molecule has 2 aromatic carbocycles. The van der Waals surface area contributed by atoms with E-state index < -0.39 is 15.9 Å². The van der Waals surface area contributed by atoms with Crippen molar-refractivity contribution >= 4 is 21.4 Å². The van der Waals surface area contributed by atoms with Gasteiger partial charge >= 0.3 is 0 Å². The third-order valence-corrected chi connectivity index (χ3v) is 5.49. The number of rotatable bonds is 5. The molecule has 118 valence electrons. The number of nitrogens with zero attached hydrogens (tertiary/aromatic N) is 3. The van der Waals surface area contributed by atoms with Crippen LogP contribution in [0.2, 0.25) is 5.02 Å². The number of benzene rings is 2. The standard InChI is InChI=1S/C16H14ClN3O2S/c17-14-6-8-15(9-7-14)23(21,22)10-16(20-12-18-11-19-20)13-4-2-1-3-5-13/h1-9,11-12,16H,10H2. The van der Waals surface area contributed by atoms with E-state index in [4.69, 9.17) is 11.6 Å². The Labute approximate surface area is 139 Å². The molecule has 1 heterocycles. The molecule has 3 rings (SSSR count). The van der Waals surface area contributed by atoms with Crippen molar-refractivity contribution in [2.24, 2.45) is 0 Å². The lowest BCUT2D eigenvalue weighted by molar-refractivity contribution is 0.540. The monoisotopic (exact) mass is 347 g/mol. The van der Waals surface area contributed by atoms with E-state index in [2.05, 4.69) is 10.1 Å². The average molecular weight is 348 g/mol. The van der Waals surface area contributed by atoms with Gasteiger partial charge in [0, 0.05) is 5.02 Å². The Morgan fingerprint density at radius 2 is 1.74 bits per heavy atom. The van der Waals surface area contributed by atoms with Crippen LogP contribution in [0.3, 0.4) is 0 Å². The Morgan fingerprint density at radius 3 is 2.35 bits per heavy atom. The molecule has 0 aliphatic heterocycles. The van der Waals surface area contributed by atoms with Crippen LogP contribution in [0.15, 0.2) is 72.1 Å². The maximum absolute atomic E-state index is 12.7. The number of halogens is 1. The Morgan fingerprint density at radius 1 is 1.04 bits per heavy atom. The molecular weight excluding hydrogens is 334 g/mol. The maximum Gasteiger partial charge on any atom is 0.180 e. The van der Waals surface area contributed by atoms with Crippen molar-refractivity contribution in [3.05, 3.63) is 77.8 Å². The third kappa shape index (κ3) is 3.60. The van der Waals surface area contributed by atoms with Crippen LogP contribution >= 0.6 is 11.6 Å². The molecule has 0 fully saturated rings. The molecule has 7 heteroatoms. The van der Waals surface area contributed by atoms with Crippen LogP contribution in [0.4, 0.5) is 0 Å². The molecule has 0 saturated carbocycles. The van der Waals surface area contributed by atoms with Gasteiger partial charge in [-0.2, -0.15) is 5.10 Å². The van der Waals surface area contributed by atoms with E-state index in [1.165, 1.54) is 24.8 Å². The van der Waals surface area contributed by atoms with Crippen LogP contribution < -0.4 is 0 Å². The van der Waals surface area contributed by atoms with E-state index in [9.17, 15) is 8.42 Å². The Balaban J connectivity index is 1.97. The smallest absolute Gasteiger partial charge is 0.180 e. The molecule has 0 aliphatic rings. The van der Waals surface area contributed by atoms with E-state index >= 15 is 0 Å². The summed E-state index contributed by atoms with van der Waals surface area (Å²) in [6.45, 7) is 0. The number of hydrogen-bond acceptors (Lipinski definition) is 4. The van der Waals surface area contributed by atoms with E-state index in [1.54, 1.807) is 16.8 Å². The molecule has 0 bridgehead atoms. The van der Waals surface area contributed by atoms with Gasteiger partial charge in [0.15, 0.2) is 9.84 Å². The van der Waals surface area contributed by atoms with Crippen LogP contribution in [0.5, 0.6) is 0 Å². The van der Waals surface area contributed by atoms with Crippen molar-refractivity contribution in [3.8, 4) is 0 Å². The molecule has 3 aromatic rings. The summed E-state index contributed by atoms with van der Waals surface area (Å²) < 4.78 is 27.0. The van der Waals surface area contributed by atoms with Crippen molar-refractivity contribution < 1.29 is 8.42 Å². The lowest BCUT2D eigenvalue weighted by Gasteiger charge is -2.17. The first-order chi connectivity index (χ1) is 11.1. The van der Waals surface area contributed by atoms with Crippen LogP contribution in [0.1, 0.15) is 11.6 Å². The zero-order chi connectivity index (χ0) is 16.3. The number of sulfone groups is 1. The lowest BCUT2D eigenvalue weighted by Crippen LogP contribution is -2.22. The zero-order valence-electron chi connectivity index (χ0n) is 12.1. The predicted molar refractivity (Wildman–Crippen MR) is 88.1 cm³/mol. The average Bonchev–Trinajstić information content (AvgIpc) is 3.08. The van der Waals surface area contributed by atoms with Crippen LogP contribution in [0, 0.1) is 0 Å². The Kier molecular flexibility index (Phi) is 4.45. The van der Waals surface area contributed by atoms with Gasteiger partial charge in [0.2, 0.25) is 0 Å². The highest BCUT2D eigenvalue weighted by molar-refractivity contribution is 7.91. The van der Waals surface area contributed by atoms with Crippen LogP contribution in [-0.2, 0) is 9.84 Å². The van der Waals surface area contributed by atoms with Crippen molar-refractivity contribution in [2.45, 2.75) is 10.9 Å². The van der Waals surface area contributed by atoms with Crippen molar-refractivity contribution in [3.63, 3.8) is 0 Å². The van der Waals surface area contributed by atoms with Crippen molar-refractivity contribution in [1.82, 2.24) is 14.8 Å². The highest BCUT2D eigenvalue weighted by Gasteiger charge is 2.24. The molecule has 5 nitrogen and oxygen atoms in total. The maximum atomic E-state index is 12.7. The fourth-order valence-electron chi connectivity index (χ4n) is 2.32. The SMILES string of the molecule is O=S(=O)(CC(c1ccccc1)n1cncn1)c1ccc(Cl)cc1. The molecule has 0 amide bonds. The normalized spacial score (nSPS) is 12.9. The lowest BCUT2D eigenvalue weighted by atomic mass is 10.1. The largest absolute Gasteiger partial charge is 0.244 e. The molecule has 0 spiro atoms. The van der Waals surface area contributed by atoms with Gasteiger partial charge in [-0.05, 0) is 29.8 Å². The van der Waals surface area contributed by atoms with Gasteiger partial charge in [-0.1, -0.05) is 41.9 Å². The second-order valence-electron chi connectivity index (χ2n) is 5.04. The molecule has 0 saturated heterocycles. The van der Waals surface area contributed by atoms with Crippen molar-refractivity contribution in [2.75, 3.05) is 5.75 Å². The Hall–Kier alpha value is -2.18. The van der Waals surface area contributed by atoms with Gasteiger partial charge in [-0.25, -0.2) is 18.1 Å². The summed E-state index contributed by atoms with van der Waals surface area (Å²) in [7, 11) is -3.50. The highest BCUT2D eigenvalue weighted by atomic mass is 35.5. The fraction of sp³-hybridized carbons (Fsp3) is 0.125. The van der Waals surface area contributed by atoms with Gasteiger partial charge in [0.1, 0.15) is 12.7 Å². The fourth-order valence-corrected chi connectivity index (χ4v) is 3.95. The van der Waals surface area contributed by atoms with Crippen LogP contribution in [-0.4, -0.2) is 28.9 Å².